The van der Waals surface area contributed by atoms with Crippen LogP contribution in [0.15, 0.2) is 33.6 Å². The molecule has 0 radical (unpaired) electrons. The fraction of sp³-hybridized carbons (Fsp3) is 0.214. The summed E-state index contributed by atoms with van der Waals surface area (Å²) in [5.41, 5.74) is 11.5. The molecule has 0 fully saturated rings. The molecule has 0 unspecified atom stereocenters. The third kappa shape index (κ3) is 3.71. The number of aromatic nitrogens is 1. The number of amides is 1. The minimum atomic E-state index is -3.60. The van der Waals surface area contributed by atoms with Crippen LogP contribution in [0.3, 0.4) is 0 Å². The maximum atomic E-state index is 12.2. The zero-order chi connectivity index (χ0) is 18.1. The third-order valence-corrected chi connectivity index (χ3v) is 5.21. The van der Waals surface area contributed by atoms with Gasteiger partial charge in [0.2, 0.25) is 0 Å². The molecule has 1 aromatic carbocycles. The molecule has 1 amide bonds. The summed E-state index contributed by atoms with van der Waals surface area (Å²) in [6.45, 7) is 1.68. The maximum Gasteiger partial charge on any atom is 0.280 e. The Hall–Kier alpha value is -2.46. The highest BCUT2D eigenvalue weighted by molar-refractivity contribution is 7.90. The molecular formula is C14H17N5O3S2. The lowest BCUT2D eigenvalue weighted by molar-refractivity contribution is 0.100. The van der Waals surface area contributed by atoms with Crippen molar-refractivity contribution in [3.8, 4) is 0 Å². The van der Waals surface area contributed by atoms with E-state index in [1.807, 2.05) is 0 Å². The highest BCUT2D eigenvalue weighted by Gasteiger charge is 2.22. The number of aliphatic imine (C=N–C) groups is 1. The number of anilines is 2. The minimum Gasteiger partial charge on any atom is -0.370 e. The average Bonchev–Trinajstić information content (AvgIpc) is 2.98. The summed E-state index contributed by atoms with van der Waals surface area (Å²) < 4.78 is 24.4. The molecule has 0 aliphatic heterocycles. The molecule has 0 atom stereocenters. The number of carbonyl (C=O) groups excluding carboxylic acids is 1. The van der Waals surface area contributed by atoms with E-state index in [1.165, 1.54) is 17.4 Å². The Labute approximate surface area is 143 Å². The van der Waals surface area contributed by atoms with Crippen LogP contribution in [0.2, 0.25) is 0 Å². The topological polar surface area (TPSA) is 132 Å². The smallest absolute Gasteiger partial charge is 0.280 e. The first kappa shape index (κ1) is 17.9. The van der Waals surface area contributed by atoms with E-state index in [9.17, 15) is 13.2 Å². The first-order valence-corrected chi connectivity index (χ1v) is 9.50. The summed E-state index contributed by atoms with van der Waals surface area (Å²) in [6.07, 6.45) is 2.70. The van der Waals surface area contributed by atoms with Crippen molar-refractivity contribution in [3.05, 3.63) is 34.8 Å². The molecule has 1 heterocycles. The van der Waals surface area contributed by atoms with Crippen molar-refractivity contribution in [2.45, 2.75) is 11.8 Å². The summed E-state index contributed by atoms with van der Waals surface area (Å²) >= 11 is 1.37. The van der Waals surface area contributed by atoms with E-state index in [-0.39, 0.29) is 16.4 Å². The predicted molar refractivity (Wildman–Crippen MR) is 94.6 cm³/mol. The number of rotatable bonds is 4. The van der Waals surface area contributed by atoms with Gasteiger partial charge in [0.05, 0.1) is 10.6 Å². The van der Waals surface area contributed by atoms with Crippen molar-refractivity contribution in [1.29, 1.82) is 0 Å². The van der Waals surface area contributed by atoms with Crippen molar-refractivity contribution in [2.24, 2.45) is 16.5 Å². The summed E-state index contributed by atoms with van der Waals surface area (Å²) in [7, 11) is -1.89. The lowest BCUT2D eigenvalue weighted by Gasteiger charge is -2.20. The second kappa shape index (κ2) is 6.57. The summed E-state index contributed by atoms with van der Waals surface area (Å²) in [4.78, 5) is 21.4. The Kier molecular flexibility index (Phi) is 4.90. The first-order chi connectivity index (χ1) is 11.1. The van der Waals surface area contributed by atoms with Crippen LogP contribution in [0.5, 0.6) is 0 Å². The Bertz CT molecular complexity index is 901. The standard InChI is InChI=1S/C14H17N5O3S2/c1-8-6-10(19(2)14-17-4-5-23-14)11(24(3,21)22)7-9(8)12(20)18-13(15)16/h4-7H,1-3H3,(H4,15,16,18,20). The van der Waals surface area contributed by atoms with Gasteiger partial charge in [0, 0.05) is 30.4 Å². The molecule has 2 aromatic rings. The molecule has 10 heteroatoms. The molecule has 0 bridgehead atoms. The SMILES string of the molecule is Cc1cc(N(C)c2nccs2)c(S(C)(=O)=O)cc1C(=O)N=C(N)N. The van der Waals surface area contributed by atoms with Crippen molar-refractivity contribution < 1.29 is 13.2 Å². The number of aryl methyl sites for hydroxylation is 1. The van der Waals surface area contributed by atoms with E-state index >= 15 is 0 Å². The normalized spacial score (nSPS) is 11.1. The van der Waals surface area contributed by atoms with Gasteiger partial charge in [0.15, 0.2) is 20.9 Å². The largest absolute Gasteiger partial charge is 0.370 e. The molecular weight excluding hydrogens is 350 g/mol. The van der Waals surface area contributed by atoms with Gasteiger partial charge in [-0.2, -0.15) is 4.99 Å². The van der Waals surface area contributed by atoms with Crippen molar-refractivity contribution >= 4 is 43.9 Å². The maximum absolute atomic E-state index is 12.2. The van der Waals surface area contributed by atoms with Gasteiger partial charge in [-0.25, -0.2) is 13.4 Å². The minimum absolute atomic E-state index is 0.0000529. The monoisotopic (exact) mass is 367 g/mol. The molecule has 0 spiro atoms. The number of carbonyl (C=O) groups is 1. The number of thiazole rings is 1. The fourth-order valence-corrected chi connectivity index (χ4v) is 3.65. The highest BCUT2D eigenvalue weighted by atomic mass is 32.2. The zero-order valence-corrected chi connectivity index (χ0v) is 15.0. The van der Waals surface area contributed by atoms with Gasteiger partial charge in [-0.15, -0.1) is 11.3 Å². The van der Waals surface area contributed by atoms with Gasteiger partial charge in [-0.05, 0) is 24.6 Å². The molecule has 2 rings (SSSR count). The predicted octanol–water partition coefficient (Wildman–Crippen LogP) is 1.04. The molecule has 0 aliphatic carbocycles. The van der Waals surface area contributed by atoms with Crippen LogP contribution in [0.25, 0.3) is 0 Å². The Morgan fingerprint density at radius 3 is 2.50 bits per heavy atom. The second-order valence-electron chi connectivity index (χ2n) is 5.12. The van der Waals surface area contributed by atoms with Gasteiger partial charge in [-0.3, -0.25) is 4.79 Å². The van der Waals surface area contributed by atoms with Crippen LogP contribution >= 0.6 is 11.3 Å². The van der Waals surface area contributed by atoms with Crippen LogP contribution in [0.1, 0.15) is 15.9 Å². The van der Waals surface area contributed by atoms with Crippen LogP contribution in [0, 0.1) is 6.92 Å². The molecule has 8 nitrogen and oxygen atoms in total. The van der Waals surface area contributed by atoms with Crippen LogP contribution in [0.4, 0.5) is 10.8 Å². The Balaban J connectivity index is 2.67. The molecule has 0 aliphatic rings. The van der Waals surface area contributed by atoms with Crippen molar-refractivity contribution in [1.82, 2.24) is 4.98 Å². The van der Waals surface area contributed by atoms with Gasteiger partial charge in [0.1, 0.15) is 0 Å². The average molecular weight is 367 g/mol. The molecule has 1 aromatic heterocycles. The van der Waals surface area contributed by atoms with Crippen molar-refractivity contribution in [3.63, 3.8) is 0 Å². The summed E-state index contributed by atoms with van der Waals surface area (Å²) in [5.74, 6) is -1.08. The molecule has 24 heavy (non-hydrogen) atoms. The van der Waals surface area contributed by atoms with E-state index in [4.69, 9.17) is 11.5 Å². The van der Waals surface area contributed by atoms with E-state index in [2.05, 4.69) is 9.98 Å². The van der Waals surface area contributed by atoms with E-state index in [1.54, 1.807) is 36.5 Å². The number of nitrogens with zero attached hydrogens (tertiary/aromatic N) is 3. The van der Waals surface area contributed by atoms with Gasteiger partial charge in [0.25, 0.3) is 5.91 Å². The van der Waals surface area contributed by atoms with E-state index in [0.717, 1.165) is 6.26 Å². The fourth-order valence-electron chi connectivity index (χ4n) is 2.12. The molecule has 0 saturated carbocycles. The number of hydrogen-bond donors (Lipinski definition) is 2. The van der Waals surface area contributed by atoms with Gasteiger partial charge in [-0.1, -0.05) is 0 Å². The number of sulfone groups is 1. The quantitative estimate of drug-likeness (QED) is 0.609. The molecule has 4 N–H and O–H groups in total. The second-order valence-corrected chi connectivity index (χ2v) is 7.98. The number of nitrogens with two attached hydrogens (primary N) is 2. The third-order valence-electron chi connectivity index (χ3n) is 3.23. The van der Waals surface area contributed by atoms with Crippen LogP contribution < -0.4 is 16.4 Å². The van der Waals surface area contributed by atoms with Crippen LogP contribution in [-0.2, 0) is 9.84 Å². The van der Waals surface area contributed by atoms with Crippen molar-refractivity contribution in [2.75, 3.05) is 18.2 Å². The summed E-state index contributed by atoms with van der Waals surface area (Å²) in [6, 6.07) is 2.89. The van der Waals surface area contributed by atoms with Crippen LogP contribution in [-0.4, -0.2) is 38.6 Å². The number of hydrogen-bond acceptors (Lipinski definition) is 6. The lowest BCUT2D eigenvalue weighted by Crippen LogP contribution is -2.24. The van der Waals surface area contributed by atoms with Gasteiger partial charge >= 0.3 is 0 Å². The van der Waals surface area contributed by atoms with E-state index in [0.29, 0.717) is 16.4 Å². The first-order valence-electron chi connectivity index (χ1n) is 6.73. The highest BCUT2D eigenvalue weighted by Crippen LogP contribution is 2.33. The van der Waals surface area contributed by atoms with E-state index < -0.39 is 15.7 Å². The lowest BCUT2D eigenvalue weighted by atomic mass is 10.1. The molecule has 128 valence electrons. The Morgan fingerprint density at radius 2 is 2.00 bits per heavy atom. The zero-order valence-electron chi connectivity index (χ0n) is 13.3. The summed E-state index contributed by atoms with van der Waals surface area (Å²) in [5, 5.41) is 2.41. The Morgan fingerprint density at radius 1 is 1.33 bits per heavy atom. The number of benzene rings is 1. The number of guanidine groups is 1. The molecule has 0 saturated heterocycles. The van der Waals surface area contributed by atoms with Gasteiger partial charge < -0.3 is 16.4 Å².